The van der Waals surface area contributed by atoms with E-state index < -0.39 is 0 Å². The molecule has 0 aromatic rings. The molecule has 4 atom stereocenters. The lowest BCUT2D eigenvalue weighted by molar-refractivity contribution is 0.0649. The summed E-state index contributed by atoms with van der Waals surface area (Å²) in [6, 6.07) is 0. The van der Waals surface area contributed by atoms with Crippen molar-refractivity contribution in [2.75, 3.05) is 0 Å². The van der Waals surface area contributed by atoms with E-state index in [1.165, 1.54) is 12.8 Å². The molecule has 0 bridgehead atoms. The highest BCUT2D eigenvalue weighted by Crippen LogP contribution is 2.70. The highest BCUT2D eigenvalue weighted by Gasteiger charge is 2.62. The van der Waals surface area contributed by atoms with Crippen LogP contribution in [0.3, 0.4) is 0 Å². The molecule has 0 amide bonds. The van der Waals surface area contributed by atoms with Crippen LogP contribution in [0, 0.1) is 23.2 Å². The van der Waals surface area contributed by atoms with Crippen molar-refractivity contribution in [3.63, 3.8) is 0 Å². The van der Waals surface area contributed by atoms with Crippen molar-refractivity contribution in [3.05, 3.63) is 0 Å². The minimum atomic E-state index is 0.861. The summed E-state index contributed by atoms with van der Waals surface area (Å²) in [5.74, 6) is 3.12. The Morgan fingerprint density at radius 2 is 1.67 bits per heavy atom. The molecule has 52 valence electrons. The lowest BCUT2D eigenvalue weighted by Crippen LogP contribution is -2.35. The normalized spacial score (nSPS) is 63.7. The smallest absolute Gasteiger partial charge is 0.0238 e. The third-order valence-corrected chi connectivity index (χ3v) is 3.97. The lowest BCUT2D eigenvalue weighted by Gasteiger charge is -2.42. The molecule has 0 aromatic heterocycles. The summed E-state index contributed by atoms with van der Waals surface area (Å²) in [5.41, 5.74) is 0.861. The molecule has 2 aliphatic carbocycles. The van der Waals surface area contributed by atoms with Crippen LogP contribution >= 0.6 is 0 Å². The minimum absolute atomic E-state index is 0.861. The van der Waals surface area contributed by atoms with Gasteiger partial charge in [0.05, 0.1) is 0 Å². The van der Waals surface area contributed by atoms with Crippen LogP contribution in [0.2, 0.25) is 0 Å². The highest BCUT2D eigenvalue weighted by atomic mass is 14.7. The van der Waals surface area contributed by atoms with Crippen LogP contribution in [-0.2, 0) is 0 Å². The van der Waals surface area contributed by atoms with Crippen molar-refractivity contribution >= 4 is 0 Å². The van der Waals surface area contributed by atoms with Gasteiger partial charge in [-0.2, -0.15) is 0 Å². The van der Waals surface area contributed by atoms with Crippen molar-refractivity contribution in [2.45, 2.75) is 33.6 Å². The number of rotatable bonds is 0. The van der Waals surface area contributed by atoms with E-state index in [0.29, 0.717) is 0 Å². The number of hydrogen-bond acceptors (Lipinski definition) is 0. The van der Waals surface area contributed by atoms with Crippen molar-refractivity contribution in [1.29, 1.82) is 0 Å². The average molecular weight is 124 g/mol. The van der Waals surface area contributed by atoms with E-state index in [2.05, 4.69) is 20.8 Å². The zero-order valence-electron chi connectivity index (χ0n) is 6.65. The standard InChI is InChI=1S/C9H16/c1-6-4-9(8(6)3)5-7(9)2/h6-8H,4-5H2,1-3H3. The Morgan fingerprint density at radius 1 is 1.11 bits per heavy atom. The molecule has 0 saturated heterocycles. The maximum absolute atomic E-state index is 2.43. The summed E-state index contributed by atoms with van der Waals surface area (Å²) < 4.78 is 0. The molecule has 0 aromatic carbocycles. The summed E-state index contributed by atoms with van der Waals surface area (Å²) >= 11 is 0. The molecule has 0 heteroatoms. The third-order valence-electron chi connectivity index (χ3n) is 3.97. The maximum Gasteiger partial charge on any atom is -0.0238 e. The predicted octanol–water partition coefficient (Wildman–Crippen LogP) is 2.69. The van der Waals surface area contributed by atoms with Gasteiger partial charge in [0.25, 0.3) is 0 Å². The molecule has 0 aliphatic heterocycles. The lowest BCUT2D eigenvalue weighted by atomic mass is 9.62. The first kappa shape index (κ1) is 5.76. The first-order valence-electron chi connectivity index (χ1n) is 4.17. The first-order valence-corrected chi connectivity index (χ1v) is 4.17. The fourth-order valence-electron chi connectivity index (χ4n) is 2.80. The molecule has 2 aliphatic rings. The van der Waals surface area contributed by atoms with Gasteiger partial charge >= 0.3 is 0 Å². The summed E-state index contributed by atoms with van der Waals surface area (Å²) in [4.78, 5) is 0. The maximum atomic E-state index is 2.43. The van der Waals surface area contributed by atoms with E-state index in [0.717, 1.165) is 23.2 Å². The molecule has 0 radical (unpaired) electrons. The van der Waals surface area contributed by atoms with Crippen molar-refractivity contribution in [1.82, 2.24) is 0 Å². The average Bonchev–Trinajstić information content (AvgIpc) is 2.45. The molecule has 2 fully saturated rings. The topological polar surface area (TPSA) is 0 Å². The quantitative estimate of drug-likeness (QED) is 0.465. The van der Waals surface area contributed by atoms with Crippen molar-refractivity contribution < 1.29 is 0 Å². The van der Waals surface area contributed by atoms with Gasteiger partial charge in [-0.15, -0.1) is 0 Å². The first-order chi connectivity index (χ1) is 4.17. The van der Waals surface area contributed by atoms with Gasteiger partial charge in [-0.25, -0.2) is 0 Å². The Labute approximate surface area is 57.6 Å². The van der Waals surface area contributed by atoms with Gasteiger partial charge in [-0.1, -0.05) is 20.8 Å². The Hall–Kier alpha value is 0. The minimum Gasteiger partial charge on any atom is -0.0622 e. The van der Waals surface area contributed by atoms with E-state index in [-0.39, 0.29) is 0 Å². The predicted molar refractivity (Wildman–Crippen MR) is 39.2 cm³/mol. The van der Waals surface area contributed by atoms with Crippen LogP contribution in [0.5, 0.6) is 0 Å². The molecule has 0 N–H and O–H groups in total. The van der Waals surface area contributed by atoms with E-state index in [1.54, 1.807) is 0 Å². The summed E-state index contributed by atoms with van der Waals surface area (Å²) in [7, 11) is 0. The van der Waals surface area contributed by atoms with Gasteiger partial charge in [0.15, 0.2) is 0 Å². The van der Waals surface area contributed by atoms with Gasteiger partial charge in [0.2, 0.25) is 0 Å². The second kappa shape index (κ2) is 1.36. The van der Waals surface area contributed by atoms with E-state index in [4.69, 9.17) is 0 Å². The van der Waals surface area contributed by atoms with Gasteiger partial charge in [0, 0.05) is 0 Å². The fourth-order valence-corrected chi connectivity index (χ4v) is 2.80. The van der Waals surface area contributed by atoms with E-state index >= 15 is 0 Å². The zero-order chi connectivity index (χ0) is 6.65. The molecule has 1 spiro atoms. The molecular formula is C9H16. The summed E-state index contributed by atoms with van der Waals surface area (Å²) in [5, 5.41) is 0. The zero-order valence-corrected chi connectivity index (χ0v) is 6.65. The van der Waals surface area contributed by atoms with Gasteiger partial charge in [-0.3, -0.25) is 0 Å². The Balaban J connectivity index is 2.05. The molecule has 2 saturated carbocycles. The Morgan fingerprint density at radius 3 is 1.78 bits per heavy atom. The van der Waals surface area contributed by atoms with Crippen LogP contribution in [0.25, 0.3) is 0 Å². The molecule has 0 heterocycles. The Kier molecular flexibility index (Phi) is 0.868. The third kappa shape index (κ3) is 0.500. The van der Waals surface area contributed by atoms with Crippen LogP contribution in [0.15, 0.2) is 0 Å². The van der Waals surface area contributed by atoms with Crippen LogP contribution in [0.1, 0.15) is 33.6 Å². The Bertz CT molecular complexity index is 139. The molecule has 9 heavy (non-hydrogen) atoms. The largest absolute Gasteiger partial charge is 0.0622 e. The van der Waals surface area contributed by atoms with Crippen LogP contribution in [0.4, 0.5) is 0 Å². The second-order valence-electron chi connectivity index (χ2n) is 4.31. The second-order valence-corrected chi connectivity index (χ2v) is 4.31. The molecule has 4 unspecified atom stereocenters. The van der Waals surface area contributed by atoms with E-state index in [9.17, 15) is 0 Å². The van der Waals surface area contributed by atoms with Crippen LogP contribution < -0.4 is 0 Å². The van der Waals surface area contributed by atoms with Crippen molar-refractivity contribution in [3.8, 4) is 0 Å². The summed E-state index contributed by atoms with van der Waals surface area (Å²) in [6.07, 6.45) is 3.05. The van der Waals surface area contributed by atoms with Gasteiger partial charge in [0.1, 0.15) is 0 Å². The molecule has 0 nitrogen and oxygen atoms in total. The summed E-state index contributed by atoms with van der Waals surface area (Å²) in [6.45, 7) is 7.22. The number of hydrogen-bond donors (Lipinski definition) is 0. The fraction of sp³-hybridized carbons (Fsp3) is 1.00. The SMILES string of the molecule is CC1CC2(CC2C)C1C. The van der Waals surface area contributed by atoms with E-state index in [1.807, 2.05) is 0 Å². The van der Waals surface area contributed by atoms with Gasteiger partial charge in [-0.05, 0) is 36.0 Å². The molecule has 2 rings (SSSR count). The van der Waals surface area contributed by atoms with Gasteiger partial charge < -0.3 is 0 Å². The monoisotopic (exact) mass is 124 g/mol. The van der Waals surface area contributed by atoms with Crippen LogP contribution in [-0.4, -0.2) is 0 Å². The highest BCUT2D eigenvalue weighted by molar-refractivity contribution is 5.11. The molecular weight excluding hydrogens is 108 g/mol. The van der Waals surface area contributed by atoms with Crippen molar-refractivity contribution in [2.24, 2.45) is 23.2 Å².